The van der Waals surface area contributed by atoms with E-state index < -0.39 is 0 Å². The second-order valence-electron chi connectivity index (χ2n) is 6.74. The molecule has 0 spiro atoms. The predicted octanol–water partition coefficient (Wildman–Crippen LogP) is 3.12. The highest BCUT2D eigenvalue weighted by atomic mass is 19.1. The fourth-order valence-electron chi connectivity index (χ4n) is 3.87. The minimum atomic E-state index is -0.332. The summed E-state index contributed by atoms with van der Waals surface area (Å²) in [6, 6.07) is 16.9. The van der Waals surface area contributed by atoms with Crippen LogP contribution in [0.25, 0.3) is 0 Å². The summed E-state index contributed by atoms with van der Waals surface area (Å²) in [6.45, 7) is 2.32. The number of amides is 1. The number of carbonyl (C=O) groups excluding carboxylic acids is 1. The van der Waals surface area contributed by atoms with Gasteiger partial charge in [0, 0.05) is 31.4 Å². The lowest BCUT2D eigenvalue weighted by Gasteiger charge is -2.24. The second-order valence-corrected chi connectivity index (χ2v) is 6.74. The lowest BCUT2D eigenvalue weighted by molar-refractivity contribution is -0.121. The SMILES string of the molecule is O=C1C(N2CCC(Nc3ccccc3)C2)CCN1c1ccccc1F. The number of halogens is 1. The lowest BCUT2D eigenvalue weighted by Crippen LogP contribution is -2.41. The Morgan fingerprint density at radius 2 is 1.72 bits per heavy atom. The Morgan fingerprint density at radius 3 is 2.52 bits per heavy atom. The maximum atomic E-state index is 14.0. The van der Waals surface area contributed by atoms with Gasteiger partial charge in [0.1, 0.15) is 5.82 Å². The molecule has 130 valence electrons. The normalized spacial score (nSPS) is 24.0. The highest BCUT2D eigenvalue weighted by Gasteiger charge is 2.40. The van der Waals surface area contributed by atoms with Crippen molar-refractivity contribution >= 4 is 17.3 Å². The van der Waals surface area contributed by atoms with Crippen molar-refractivity contribution in [1.29, 1.82) is 0 Å². The zero-order chi connectivity index (χ0) is 17.2. The standard InChI is InChI=1S/C20H22FN3O/c21-17-8-4-5-9-18(17)24-13-11-19(20(24)25)23-12-10-16(14-23)22-15-6-2-1-3-7-15/h1-9,16,19,22H,10-14H2. The van der Waals surface area contributed by atoms with Crippen LogP contribution in [0.1, 0.15) is 12.8 Å². The van der Waals surface area contributed by atoms with Gasteiger partial charge >= 0.3 is 0 Å². The van der Waals surface area contributed by atoms with E-state index in [1.165, 1.54) is 6.07 Å². The third-order valence-electron chi connectivity index (χ3n) is 5.13. The Hall–Kier alpha value is -2.40. The van der Waals surface area contributed by atoms with E-state index in [1.807, 2.05) is 18.2 Å². The molecule has 5 heteroatoms. The van der Waals surface area contributed by atoms with Crippen LogP contribution in [-0.4, -0.2) is 42.5 Å². The molecule has 1 amide bonds. The Labute approximate surface area is 147 Å². The van der Waals surface area contributed by atoms with Crippen molar-refractivity contribution in [3.8, 4) is 0 Å². The van der Waals surface area contributed by atoms with Crippen molar-refractivity contribution in [3.05, 3.63) is 60.4 Å². The third-order valence-corrected chi connectivity index (χ3v) is 5.13. The van der Waals surface area contributed by atoms with Crippen LogP contribution in [-0.2, 0) is 4.79 Å². The summed E-state index contributed by atoms with van der Waals surface area (Å²) in [4.78, 5) is 16.6. The van der Waals surface area contributed by atoms with Crippen LogP contribution in [0.5, 0.6) is 0 Å². The second kappa shape index (κ2) is 6.84. The van der Waals surface area contributed by atoms with Crippen LogP contribution >= 0.6 is 0 Å². The fraction of sp³-hybridized carbons (Fsp3) is 0.350. The van der Waals surface area contributed by atoms with Gasteiger partial charge in [-0.25, -0.2) is 4.39 Å². The quantitative estimate of drug-likeness (QED) is 0.930. The first-order valence-electron chi connectivity index (χ1n) is 8.84. The van der Waals surface area contributed by atoms with Crippen LogP contribution in [0.3, 0.4) is 0 Å². The van der Waals surface area contributed by atoms with Crippen molar-refractivity contribution < 1.29 is 9.18 Å². The van der Waals surface area contributed by atoms with Crippen molar-refractivity contribution in [2.45, 2.75) is 24.9 Å². The summed E-state index contributed by atoms with van der Waals surface area (Å²) in [5.74, 6) is -0.313. The van der Waals surface area contributed by atoms with Gasteiger partial charge in [-0.3, -0.25) is 9.69 Å². The van der Waals surface area contributed by atoms with E-state index in [4.69, 9.17) is 0 Å². The molecule has 2 aromatic rings. The minimum Gasteiger partial charge on any atom is -0.381 e. The number of hydrogen-bond acceptors (Lipinski definition) is 3. The molecule has 2 unspecified atom stereocenters. The molecule has 2 heterocycles. The van der Waals surface area contributed by atoms with Gasteiger partial charge in [0.15, 0.2) is 0 Å². The van der Waals surface area contributed by atoms with E-state index in [-0.39, 0.29) is 17.8 Å². The zero-order valence-corrected chi connectivity index (χ0v) is 14.1. The molecular formula is C20H22FN3O. The molecule has 2 aliphatic rings. The number of nitrogens with zero attached hydrogens (tertiary/aromatic N) is 2. The minimum absolute atomic E-state index is 0.0189. The number of benzene rings is 2. The number of anilines is 2. The van der Waals surface area contributed by atoms with Gasteiger partial charge < -0.3 is 10.2 Å². The number of carbonyl (C=O) groups is 1. The number of para-hydroxylation sites is 2. The van der Waals surface area contributed by atoms with Crippen LogP contribution < -0.4 is 10.2 Å². The van der Waals surface area contributed by atoms with Gasteiger partial charge in [-0.15, -0.1) is 0 Å². The average Bonchev–Trinajstić information content (AvgIpc) is 3.23. The molecule has 1 N–H and O–H groups in total. The molecular weight excluding hydrogens is 317 g/mol. The van der Waals surface area contributed by atoms with E-state index in [0.717, 1.165) is 31.6 Å². The summed E-state index contributed by atoms with van der Waals surface area (Å²) in [7, 11) is 0. The van der Waals surface area contributed by atoms with Crippen LogP contribution in [0.4, 0.5) is 15.8 Å². The Bertz CT molecular complexity index is 752. The molecule has 2 fully saturated rings. The average molecular weight is 339 g/mol. The van der Waals surface area contributed by atoms with E-state index in [9.17, 15) is 9.18 Å². The number of hydrogen-bond donors (Lipinski definition) is 1. The number of likely N-dealkylation sites (tertiary alicyclic amines) is 1. The molecule has 2 aromatic carbocycles. The summed E-state index contributed by atoms with van der Waals surface area (Å²) < 4.78 is 14.0. The fourth-order valence-corrected chi connectivity index (χ4v) is 3.87. The van der Waals surface area contributed by atoms with E-state index >= 15 is 0 Å². The highest BCUT2D eigenvalue weighted by molar-refractivity contribution is 5.99. The largest absolute Gasteiger partial charge is 0.381 e. The molecule has 2 atom stereocenters. The first-order valence-corrected chi connectivity index (χ1v) is 8.84. The summed E-state index contributed by atoms with van der Waals surface area (Å²) in [6.07, 6.45) is 1.77. The van der Waals surface area contributed by atoms with Crippen LogP contribution in [0.15, 0.2) is 54.6 Å². The van der Waals surface area contributed by atoms with Gasteiger partial charge in [0.05, 0.1) is 11.7 Å². The molecule has 25 heavy (non-hydrogen) atoms. The van der Waals surface area contributed by atoms with E-state index in [0.29, 0.717) is 18.3 Å². The zero-order valence-electron chi connectivity index (χ0n) is 14.1. The molecule has 4 nitrogen and oxygen atoms in total. The molecule has 4 rings (SSSR count). The van der Waals surface area contributed by atoms with Crippen LogP contribution in [0, 0.1) is 5.82 Å². The van der Waals surface area contributed by atoms with Gasteiger partial charge in [-0.05, 0) is 37.1 Å². The molecule has 0 saturated carbocycles. The monoisotopic (exact) mass is 339 g/mol. The Morgan fingerprint density at radius 1 is 0.960 bits per heavy atom. The van der Waals surface area contributed by atoms with Crippen molar-refractivity contribution in [3.63, 3.8) is 0 Å². The predicted molar refractivity (Wildman–Crippen MR) is 97.2 cm³/mol. The molecule has 0 bridgehead atoms. The topological polar surface area (TPSA) is 35.6 Å². The first-order chi connectivity index (χ1) is 12.2. The maximum absolute atomic E-state index is 14.0. The molecule has 0 radical (unpaired) electrons. The summed E-state index contributed by atoms with van der Waals surface area (Å²) >= 11 is 0. The lowest BCUT2D eigenvalue weighted by atomic mass is 10.2. The molecule has 2 saturated heterocycles. The third kappa shape index (κ3) is 3.24. The van der Waals surface area contributed by atoms with E-state index in [1.54, 1.807) is 23.1 Å². The van der Waals surface area contributed by atoms with Crippen molar-refractivity contribution in [2.24, 2.45) is 0 Å². The molecule has 0 aliphatic carbocycles. The van der Waals surface area contributed by atoms with Gasteiger partial charge in [-0.2, -0.15) is 0 Å². The van der Waals surface area contributed by atoms with Gasteiger partial charge in [-0.1, -0.05) is 30.3 Å². The van der Waals surface area contributed by atoms with E-state index in [2.05, 4.69) is 22.3 Å². The summed E-state index contributed by atoms with van der Waals surface area (Å²) in [5.41, 5.74) is 1.51. The van der Waals surface area contributed by atoms with Crippen molar-refractivity contribution in [2.75, 3.05) is 29.9 Å². The van der Waals surface area contributed by atoms with Gasteiger partial charge in [0.2, 0.25) is 5.91 Å². The van der Waals surface area contributed by atoms with Crippen molar-refractivity contribution in [1.82, 2.24) is 4.90 Å². The van der Waals surface area contributed by atoms with Crippen LogP contribution in [0.2, 0.25) is 0 Å². The van der Waals surface area contributed by atoms with Gasteiger partial charge in [0.25, 0.3) is 0 Å². The highest BCUT2D eigenvalue weighted by Crippen LogP contribution is 2.28. The first kappa shape index (κ1) is 16.1. The number of nitrogens with one attached hydrogen (secondary N) is 1. The Balaban J connectivity index is 1.40. The molecule has 0 aromatic heterocycles. The maximum Gasteiger partial charge on any atom is 0.244 e. The smallest absolute Gasteiger partial charge is 0.244 e. The summed E-state index contributed by atoms with van der Waals surface area (Å²) in [5, 5.41) is 3.53. The molecule has 2 aliphatic heterocycles. The Kier molecular flexibility index (Phi) is 4.40. The number of rotatable bonds is 4.